The molecule has 2 heteroatoms. The van der Waals surface area contributed by atoms with E-state index in [2.05, 4.69) is 12.1 Å². The monoisotopic (exact) mass is 232 g/mol. The highest BCUT2D eigenvalue weighted by Gasteiger charge is 2.20. The Morgan fingerprint density at radius 3 is 2.76 bits per heavy atom. The Hall–Kier alpha value is -1.15. The molecule has 17 heavy (non-hydrogen) atoms. The molecule has 0 aromatic heterocycles. The summed E-state index contributed by atoms with van der Waals surface area (Å²) in [5.74, 6) is 0.539. The summed E-state index contributed by atoms with van der Waals surface area (Å²) in [6, 6.07) is 10.1. The quantitative estimate of drug-likeness (QED) is 0.744. The Balaban J connectivity index is 1.75. The van der Waals surface area contributed by atoms with Crippen molar-refractivity contribution >= 4 is 5.78 Å². The predicted molar refractivity (Wildman–Crippen MR) is 67.7 cm³/mol. The van der Waals surface area contributed by atoms with Crippen molar-refractivity contribution in [2.24, 2.45) is 5.92 Å². The average Bonchev–Trinajstić information content (AvgIpc) is 2.56. The van der Waals surface area contributed by atoms with Crippen molar-refractivity contribution in [3.63, 3.8) is 0 Å². The van der Waals surface area contributed by atoms with E-state index in [0.717, 1.165) is 19.3 Å². The molecule has 1 atom stereocenters. The Bertz CT molecular complexity index is 345. The summed E-state index contributed by atoms with van der Waals surface area (Å²) < 4.78 is 5.66. The highest BCUT2D eigenvalue weighted by Crippen LogP contribution is 2.20. The minimum atomic E-state index is 0.140. The molecule has 0 heterocycles. The lowest BCUT2D eigenvalue weighted by molar-refractivity contribution is -0.124. The second-order valence-corrected chi connectivity index (χ2v) is 4.76. The van der Waals surface area contributed by atoms with Gasteiger partial charge in [0, 0.05) is 12.3 Å². The van der Waals surface area contributed by atoms with Crippen LogP contribution in [-0.4, -0.2) is 12.4 Å². The Kier molecular flexibility index (Phi) is 4.75. The molecule has 1 aromatic rings. The van der Waals surface area contributed by atoms with Crippen LogP contribution in [-0.2, 0) is 16.1 Å². The van der Waals surface area contributed by atoms with Crippen LogP contribution in [0.3, 0.4) is 0 Å². The van der Waals surface area contributed by atoms with Gasteiger partial charge < -0.3 is 4.74 Å². The van der Waals surface area contributed by atoms with Gasteiger partial charge in [0.1, 0.15) is 5.78 Å². The second-order valence-electron chi connectivity index (χ2n) is 4.76. The number of hydrogen-bond acceptors (Lipinski definition) is 2. The maximum absolute atomic E-state index is 11.8. The lowest BCUT2D eigenvalue weighted by Crippen LogP contribution is -2.18. The van der Waals surface area contributed by atoms with Gasteiger partial charge in [-0.2, -0.15) is 0 Å². The lowest BCUT2D eigenvalue weighted by atomic mass is 10.0. The molecule has 0 saturated heterocycles. The molecule has 0 radical (unpaired) electrons. The van der Waals surface area contributed by atoms with Gasteiger partial charge in [0.15, 0.2) is 0 Å². The first-order valence-corrected chi connectivity index (χ1v) is 6.50. The summed E-state index contributed by atoms with van der Waals surface area (Å²) in [5.41, 5.74) is 1.17. The van der Waals surface area contributed by atoms with Crippen molar-refractivity contribution in [1.82, 2.24) is 0 Å². The molecule has 1 saturated carbocycles. The van der Waals surface area contributed by atoms with E-state index in [-0.39, 0.29) is 5.92 Å². The summed E-state index contributed by atoms with van der Waals surface area (Å²) in [6.07, 6.45) is 5.19. The fourth-order valence-corrected chi connectivity index (χ4v) is 2.30. The van der Waals surface area contributed by atoms with Gasteiger partial charge in [0.25, 0.3) is 0 Å². The van der Waals surface area contributed by atoms with Crippen LogP contribution in [0, 0.1) is 5.92 Å². The number of Topliss-reactive ketones (excluding diaryl/α,β-unsaturated/α-hetero) is 1. The van der Waals surface area contributed by atoms with Gasteiger partial charge in [-0.25, -0.2) is 0 Å². The van der Waals surface area contributed by atoms with Crippen molar-refractivity contribution in [1.29, 1.82) is 0 Å². The normalized spacial score (nSPS) is 21.2. The molecule has 1 fully saturated rings. The zero-order chi connectivity index (χ0) is 11.9. The first-order valence-electron chi connectivity index (χ1n) is 6.50. The zero-order valence-corrected chi connectivity index (χ0v) is 10.2. The molecule has 0 amide bonds. The third-order valence-corrected chi connectivity index (χ3v) is 3.36. The first-order chi connectivity index (χ1) is 8.36. The van der Waals surface area contributed by atoms with Gasteiger partial charge in [-0.1, -0.05) is 43.2 Å². The van der Waals surface area contributed by atoms with Gasteiger partial charge in [-0.15, -0.1) is 0 Å². The van der Waals surface area contributed by atoms with Crippen LogP contribution in [0.1, 0.15) is 37.7 Å². The van der Waals surface area contributed by atoms with Crippen LogP contribution in [0.4, 0.5) is 0 Å². The smallest absolute Gasteiger partial charge is 0.138 e. The predicted octanol–water partition coefficient (Wildman–Crippen LogP) is 3.35. The highest BCUT2D eigenvalue weighted by atomic mass is 16.5. The number of hydrogen-bond donors (Lipinski definition) is 0. The number of ether oxygens (including phenoxy) is 1. The maximum atomic E-state index is 11.8. The van der Waals surface area contributed by atoms with Gasteiger partial charge in [-0.3, -0.25) is 4.79 Å². The van der Waals surface area contributed by atoms with Gasteiger partial charge in [0.05, 0.1) is 13.2 Å². The number of carbonyl (C=O) groups excluding carboxylic acids is 1. The van der Waals surface area contributed by atoms with Crippen molar-refractivity contribution in [3.8, 4) is 0 Å². The number of benzene rings is 1. The molecule has 1 aliphatic carbocycles. The first kappa shape index (κ1) is 12.3. The summed E-state index contributed by atoms with van der Waals surface area (Å²) in [4.78, 5) is 11.8. The van der Waals surface area contributed by atoms with E-state index in [1.165, 1.54) is 18.4 Å². The van der Waals surface area contributed by atoms with E-state index in [9.17, 15) is 4.79 Å². The Morgan fingerprint density at radius 2 is 1.94 bits per heavy atom. The van der Waals surface area contributed by atoms with E-state index in [1.807, 2.05) is 18.2 Å². The maximum Gasteiger partial charge on any atom is 0.138 e. The number of rotatable bonds is 4. The van der Waals surface area contributed by atoms with E-state index in [0.29, 0.717) is 19.0 Å². The van der Waals surface area contributed by atoms with Crippen LogP contribution in [0.25, 0.3) is 0 Å². The largest absolute Gasteiger partial charge is 0.376 e. The van der Waals surface area contributed by atoms with E-state index >= 15 is 0 Å². The standard InChI is InChI=1S/C15H20O2/c16-15-10-6-2-5-9-14(15)12-17-11-13-7-3-1-4-8-13/h1,3-4,7-8,14H,2,5-6,9-12H2. The molecule has 1 unspecified atom stereocenters. The second kappa shape index (κ2) is 6.55. The summed E-state index contributed by atoms with van der Waals surface area (Å²) in [5, 5.41) is 0. The molecule has 0 aliphatic heterocycles. The van der Waals surface area contributed by atoms with E-state index < -0.39 is 0 Å². The molecular weight excluding hydrogens is 212 g/mol. The topological polar surface area (TPSA) is 26.3 Å². The highest BCUT2D eigenvalue weighted by molar-refractivity contribution is 5.81. The SMILES string of the molecule is O=C1CCCCCC1COCc1ccccc1. The molecule has 0 bridgehead atoms. The Labute approximate surface area is 103 Å². The third-order valence-electron chi connectivity index (χ3n) is 3.36. The van der Waals surface area contributed by atoms with Gasteiger partial charge in [0.2, 0.25) is 0 Å². The van der Waals surface area contributed by atoms with Gasteiger partial charge >= 0.3 is 0 Å². The molecule has 0 spiro atoms. The average molecular weight is 232 g/mol. The van der Waals surface area contributed by atoms with Crippen molar-refractivity contribution < 1.29 is 9.53 Å². The van der Waals surface area contributed by atoms with Crippen LogP contribution < -0.4 is 0 Å². The molecule has 0 N–H and O–H groups in total. The van der Waals surface area contributed by atoms with Crippen molar-refractivity contribution in [2.45, 2.75) is 38.7 Å². The molecule has 92 valence electrons. The van der Waals surface area contributed by atoms with Crippen molar-refractivity contribution in [2.75, 3.05) is 6.61 Å². The van der Waals surface area contributed by atoms with Crippen LogP contribution in [0.5, 0.6) is 0 Å². The van der Waals surface area contributed by atoms with E-state index in [4.69, 9.17) is 4.74 Å². The van der Waals surface area contributed by atoms with Crippen LogP contribution >= 0.6 is 0 Å². The van der Waals surface area contributed by atoms with E-state index in [1.54, 1.807) is 0 Å². The number of carbonyl (C=O) groups is 1. The molecule has 2 nitrogen and oxygen atoms in total. The van der Waals surface area contributed by atoms with Crippen LogP contribution in [0.15, 0.2) is 30.3 Å². The molecular formula is C15H20O2. The van der Waals surface area contributed by atoms with Crippen LogP contribution in [0.2, 0.25) is 0 Å². The molecule has 1 aliphatic rings. The summed E-state index contributed by atoms with van der Waals surface area (Å²) >= 11 is 0. The summed E-state index contributed by atoms with van der Waals surface area (Å²) in [6.45, 7) is 1.21. The van der Waals surface area contributed by atoms with Gasteiger partial charge in [-0.05, 0) is 18.4 Å². The zero-order valence-electron chi connectivity index (χ0n) is 10.2. The minimum absolute atomic E-state index is 0.140. The fraction of sp³-hybridized carbons (Fsp3) is 0.533. The fourth-order valence-electron chi connectivity index (χ4n) is 2.30. The molecule has 2 rings (SSSR count). The molecule has 1 aromatic carbocycles. The summed E-state index contributed by atoms with van der Waals surface area (Å²) in [7, 11) is 0. The minimum Gasteiger partial charge on any atom is -0.376 e. The number of ketones is 1. The lowest BCUT2D eigenvalue weighted by Gasteiger charge is -2.13. The third kappa shape index (κ3) is 3.97. The Morgan fingerprint density at radius 1 is 1.12 bits per heavy atom. The van der Waals surface area contributed by atoms with Crippen molar-refractivity contribution in [3.05, 3.63) is 35.9 Å².